The number of benzene rings is 2. The molecule has 154 valence electrons. The number of hydrogen-bond donors (Lipinski definition) is 2. The fraction of sp³-hybridized carbons (Fsp3) is 0.350. The van der Waals surface area contributed by atoms with Crippen molar-refractivity contribution >= 4 is 11.6 Å². The van der Waals surface area contributed by atoms with E-state index < -0.39 is 42.0 Å². The topological polar surface area (TPSA) is 52.6 Å². The van der Waals surface area contributed by atoms with Crippen LogP contribution in [-0.4, -0.2) is 34.9 Å². The van der Waals surface area contributed by atoms with E-state index in [0.29, 0.717) is 5.56 Å². The molecule has 0 spiro atoms. The Morgan fingerprint density at radius 3 is 2.21 bits per heavy atom. The molecular formula is C20H17F5N2O2. The molecule has 4 rings (SSSR count). The third-order valence-corrected chi connectivity index (χ3v) is 5.58. The second-order valence-corrected chi connectivity index (χ2v) is 7.28. The van der Waals surface area contributed by atoms with Crippen LogP contribution >= 0.6 is 0 Å². The Bertz CT molecular complexity index is 948. The third-order valence-electron chi connectivity index (χ3n) is 5.58. The molecular weight excluding hydrogens is 395 g/mol. The number of hydrogen-bond acceptors (Lipinski definition) is 3. The van der Waals surface area contributed by atoms with Crippen LogP contribution in [0.4, 0.5) is 27.6 Å². The molecule has 1 amide bonds. The van der Waals surface area contributed by atoms with Crippen LogP contribution in [0.2, 0.25) is 0 Å². The molecule has 0 aliphatic carbocycles. The minimum atomic E-state index is -4.70. The fourth-order valence-corrected chi connectivity index (χ4v) is 4.21. The van der Waals surface area contributed by atoms with Crippen LogP contribution in [0.5, 0.6) is 5.75 Å². The van der Waals surface area contributed by atoms with Gasteiger partial charge in [0.25, 0.3) is 11.8 Å². The summed E-state index contributed by atoms with van der Waals surface area (Å²) in [5, 5.41) is 12.0. The number of halogens is 5. The zero-order valence-electron chi connectivity index (χ0n) is 15.1. The summed E-state index contributed by atoms with van der Waals surface area (Å²) in [5.74, 6) is -3.71. The lowest BCUT2D eigenvalue weighted by Crippen LogP contribution is -2.56. The van der Waals surface area contributed by atoms with Crippen molar-refractivity contribution in [3.8, 4) is 5.75 Å². The number of anilines is 1. The van der Waals surface area contributed by atoms with E-state index in [-0.39, 0.29) is 30.1 Å². The van der Waals surface area contributed by atoms with E-state index >= 15 is 0 Å². The smallest absolute Gasteiger partial charge is 0.418 e. The minimum absolute atomic E-state index is 0.0632. The van der Waals surface area contributed by atoms with Gasteiger partial charge in [0.1, 0.15) is 5.75 Å². The molecule has 0 unspecified atom stereocenters. The van der Waals surface area contributed by atoms with Gasteiger partial charge in [0.2, 0.25) is 0 Å². The number of fused-ring (bicyclic) bond motifs is 1. The van der Waals surface area contributed by atoms with Crippen molar-refractivity contribution in [1.82, 2.24) is 4.90 Å². The zero-order valence-corrected chi connectivity index (χ0v) is 15.1. The van der Waals surface area contributed by atoms with Crippen molar-refractivity contribution in [2.45, 2.75) is 30.5 Å². The van der Waals surface area contributed by atoms with Crippen LogP contribution in [-0.2, 0) is 16.5 Å². The SMILES string of the molecule is O=C1Nc2c(C(F)(F)F)cccc2[C@]1(c1ccc(O)cc1)N1CCC(F)(F)CC1. The number of rotatable bonds is 2. The van der Waals surface area contributed by atoms with Gasteiger partial charge in [0.05, 0.1) is 11.3 Å². The Morgan fingerprint density at radius 2 is 1.62 bits per heavy atom. The number of amides is 1. The van der Waals surface area contributed by atoms with E-state index in [1.54, 1.807) is 0 Å². The highest BCUT2D eigenvalue weighted by molar-refractivity contribution is 6.09. The Morgan fingerprint density at radius 1 is 1.00 bits per heavy atom. The molecule has 1 fully saturated rings. The van der Waals surface area contributed by atoms with Crippen LogP contribution in [0.1, 0.15) is 29.5 Å². The standard InChI is InChI=1S/C20H17F5N2O2/c21-18(22)8-10-27(11-9-18)19(12-4-6-13(28)7-5-12)14-2-1-3-15(20(23,24)25)16(14)26-17(19)29/h1-7,28H,8-11H2,(H,26,29)/t19-/m0/s1. The van der Waals surface area contributed by atoms with Gasteiger partial charge in [-0.3, -0.25) is 9.69 Å². The molecule has 2 aromatic carbocycles. The maximum atomic E-state index is 13.7. The number of nitrogens with zero attached hydrogens (tertiary/aromatic N) is 1. The summed E-state index contributed by atoms with van der Waals surface area (Å²) in [6, 6.07) is 8.96. The molecule has 1 saturated heterocycles. The number of phenolic OH excluding ortho intramolecular Hbond substituents is 1. The van der Waals surface area contributed by atoms with Crippen molar-refractivity contribution in [2.75, 3.05) is 18.4 Å². The van der Waals surface area contributed by atoms with Crippen LogP contribution in [0.3, 0.4) is 0 Å². The minimum Gasteiger partial charge on any atom is -0.508 e. The largest absolute Gasteiger partial charge is 0.508 e. The van der Waals surface area contributed by atoms with Crippen LogP contribution < -0.4 is 5.32 Å². The van der Waals surface area contributed by atoms with Crippen molar-refractivity contribution < 1.29 is 31.9 Å². The van der Waals surface area contributed by atoms with Crippen molar-refractivity contribution in [3.05, 3.63) is 59.2 Å². The molecule has 2 N–H and O–H groups in total. The number of carbonyl (C=O) groups is 1. The van der Waals surface area contributed by atoms with E-state index in [1.807, 2.05) is 0 Å². The summed E-state index contributed by atoms with van der Waals surface area (Å²) in [6.07, 6.45) is -5.71. The van der Waals surface area contributed by atoms with Gasteiger partial charge in [-0.15, -0.1) is 0 Å². The van der Waals surface area contributed by atoms with Crippen molar-refractivity contribution in [1.29, 1.82) is 0 Å². The summed E-state index contributed by atoms with van der Waals surface area (Å²) in [5.41, 5.74) is -2.69. The molecule has 4 nitrogen and oxygen atoms in total. The highest BCUT2D eigenvalue weighted by Crippen LogP contribution is 2.51. The first-order valence-electron chi connectivity index (χ1n) is 9.00. The maximum absolute atomic E-state index is 13.7. The van der Waals surface area contributed by atoms with Crippen LogP contribution in [0, 0.1) is 0 Å². The zero-order chi connectivity index (χ0) is 21.0. The van der Waals surface area contributed by atoms with Crippen molar-refractivity contribution in [2.24, 2.45) is 0 Å². The quantitative estimate of drug-likeness (QED) is 0.722. The van der Waals surface area contributed by atoms with Gasteiger partial charge in [0, 0.05) is 31.5 Å². The van der Waals surface area contributed by atoms with E-state index in [1.165, 1.54) is 41.3 Å². The van der Waals surface area contributed by atoms with Gasteiger partial charge in [-0.25, -0.2) is 8.78 Å². The normalized spacial score (nSPS) is 24.2. The highest BCUT2D eigenvalue weighted by atomic mass is 19.4. The van der Waals surface area contributed by atoms with Gasteiger partial charge < -0.3 is 10.4 Å². The van der Waals surface area contributed by atoms with E-state index in [0.717, 1.165) is 6.07 Å². The monoisotopic (exact) mass is 412 g/mol. The maximum Gasteiger partial charge on any atom is 0.418 e. The first-order chi connectivity index (χ1) is 13.6. The molecule has 2 heterocycles. The molecule has 29 heavy (non-hydrogen) atoms. The molecule has 9 heteroatoms. The fourth-order valence-electron chi connectivity index (χ4n) is 4.21. The molecule has 2 aromatic rings. The van der Waals surface area contributed by atoms with Gasteiger partial charge in [0.15, 0.2) is 5.54 Å². The Kier molecular flexibility index (Phi) is 4.34. The summed E-state index contributed by atoms with van der Waals surface area (Å²) >= 11 is 0. The average molecular weight is 412 g/mol. The lowest BCUT2D eigenvalue weighted by atomic mass is 9.80. The second kappa shape index (κ2) is 6.41. The summed E-state index contributed by atoms with van der Waals surface area (Å²) in [4.78, 5) is 14.7. The van der Waals surface area contributed by atoms with Crippen LogP contribution in [0.15, 0.2) is 42.5 Å². The number of nitrogens with one attached hydrogen (secondary N) is 1. The third kappa shape index (κ3) is 3.04. The van der Waals surface area contributed by atoms with E-state index in [2.05, 4.69) is 5.32 Å². The molecule has 0 radical (unpaired) electrons. The Hall–Kier alpha value is -2.68. The number of aromatic hydroxyl groups is 1. The first-order valence-corrected chi connectivity index (χ1v) is 9.00. The lowest BCUT2D eigenvalue weighted by molar-refractivity contribution is -0.136. The molecule has 0 aromatic heterocycles. The lowest BCUT2D eigenvalue weighted by Gasteiger charge is -2.43. The van der Waals surface area contributed by atoms with Gasteiger partial charge >= 0.3 is 6.18 Å². The van der Waals surface area contributed by atoms with E-state index in [9.17, 15) is 31.9 Å². The second-order valence-electron chi connectivity index (χ2n) is 7.28. The highest BCUT2D eigenvalue weighted by Gasteiger charge is 2.56. The molecule has 2 aliphatic rings. The number of alkyl halides is 5. The summed E-state index contributed by atoms with van der Waals surface area (Å²) in [6.45, 7) is -0.339. The molecule has 2 aliphatic heterocycles. The van der Waals surface area contributed by atoms with Crippen molar-refractivity contribution in [3.63, 3.8) is 0 Å². The Balaban J connectivity index is 1.94. The average Bonchev–Trinajstić information content (AvgIpc) is 2.94. The summed E-state index contributed by atoms with van der Waals surface area (Å²) < 4.78 is 68.1. The van der Waals surface area contributed by atoms with Crippen LogP contribution in [0.25, 0.3) is 0 Å². The number of carbonyl (C=O) groups excluding carboxylic acids is 1. The number of phenols is 1. The van der Waals surface area contributed by atoms with Gasteiger partial charge in [-0.2, -0.15) is 13.2 Å². The predicted molar refractivity (Wildman–Crippen MR) is 94.7 cm³/mol. The summed E-state index contributed by atoms with van der Waals surface area (Å²) in [7, 11) is 0. The predicted octanol–water partition coefficient (Wildman–Crippen LogP) is 4.34. The first kappa shape index (κ1) is 19.6. The van der Waals surface area contributed by atoms with E-state index in [4.69, 9.17) is 0 Å². The molecule has 1 atom stereocenters. The molecule has 0 saturated carbocycles. The molecule has 0 bridgehead atoms. The van der Waals surface area contributed by atoms with Gasteiger partial charge in [-0.05, 0) is 23.8 Å². The number of likely N-dealkylation sites (tertiary alicyclic amines) is 1. The number of piperidine rings is 1. The number of para-hydroxylation sites is 1. The van der Waals surface area contributed by atoms with Gasteiger partial charge in [-0.1, -0.05) is 24.3 Å². The Labute approximate surface area is 162 Å².